The molecule has 0 spiro atoms. The van der Waals surface area contributed by atoms with Crippen LogP contribution in [0.5, 0.6) is 0 Å². The van der Waals surface area contributed by atoms with E-state index in [1.165, 1.54) is 0 Å². The molecular weight excluding hydrogens is 262 g/mol. The van der Waals surface area contributed by atoms with Crippen LogP contribution in [0.2, 0.25) is 0 Å². The Kier molecular flexibility index (Phi) is 4.15. The number of hydrogen-bond acceptors (Lipinski definition) is 3. The fraction of sp³-hybridized carbons (Fsp3) is 0.412. The van der Waals surface area contributed by atoms with Crippen molar-refractivity contribution >= 4 is 16.8 Å². The van der Waals surface area contributed by atoms with Crippen LogP contribution in [-0.2, 0) is 0 Å². The van der Waals surface area contributed by atoms with E-state index in [9.17, 15) is 4.79 Å². The van der Waals surface area contributed by atoms with Gasteiger partial charge in [0.1, 0.15) is 0 Å². The zero-order valence-electron chi connectivity index (χ0n) is 12.2. The molecule has 2 heterocycles. The lowest BCUT2D eigenvalue weighted by molar-refractivity contribution is 0.0731. The molecule has 3 rings (SSSR count). The van der Waals surface area contributed by atoms with Crippen LogP contribution >= 0.6 is 0 Å². The van der Waals surface area contributed by atoms with Gasteiger partial charge in [-0.15, -0.1) is 0 Å². The second-order valence-electron chi connectivity index (χ2n) is 5.61. The van der Waals surface area contributed by atoms with Crippen LogP contribution in [0, 0.1) is 0 Å². The van der Waals surface area contributed by atoms with Crippen molar-refractivity contribution in [2.75, 3.05) is 13.1 Å². The number of hydrogen-bond donors (Lipinski definition) is 1. The van der Waals surface area contributed by atoms with Gasteiger partial charge in [0.25, 0.3) is 5.91 Å². The van der Waals surface area contributed by atoms with Crippen molar-refractivity contribution in [1.29, 1.82) is 0 Å². The summed E-state index contributed by atoms with van der Waals surface area (Å²) in [5.74, 6) is 0.110. The molecule has 0 saturated carbocycles. The van der Waals surface area contributed by atoms with Crippen molar-refractivity contribution in [2.45, 2.75) is 31.7 Å². The van der Waals surface area contributed by atoms with Crippen molar-refractivity contribution in [3.63, 3.8) is 0 Å². The summed E-state index contributed by atoms with van der Waals surface area (Å²) in [5, 5.41) is 1.01. The van der Waals surface area contributed by atoms with E-state index in [2.05, 4.69) is 4.98 Å². The van der Waals surface area contributed by atoms with Crippen LogP contribution < -0.4 is 5.73 Å². The van der Waals surface area contributed by atoms with Crippen molar-refractivity contribution in [2.24, 2.45) is 5.73 Å². The molecular formula is C17H21N3O. The van der Waals surface area contributed by atoms with Crippen LogP contribution in [0.4, 0.5) is 0 Å². The van der Waals surface area contributed by atoms with Crippen LogP contribution in [-0.4, -0.2) is 34.9 Å². The Bertz CT molecular complexity index is 635. The van der Waals surface area contributed by atoms with E-state index >= 15 is 0 Å². The minimum Gasteiger partial charge on any atom is -0.336 e. The minimum absolute atomic E-state index is 0.110. The topological polar surface area (TPSA) is 59.2 Å². The molecule has 21 heavy (non-hydrogen) atoms. The van der Waals surface area contributed by atoms with E-state index in [0.29, 0.717) is 18.2 Å². The Morgan fingerprint density at radius 2 is 2.19 bits per heavy atom. The zero-order valence-corrected chi connectivity index (χ0v) is 12.2. The fourth-order valence-electron chi connectivity index (χ4n) is 3.19. The lowest BCUT2D eigenvalue weighted by atomic mass is 10.1. The highest BCUT2D eigenvalue weighted by atomic mass is 16.2. The molecule has 0 bridgehead atoms. The van der Waals surface area contributed by atoms with Gasteiger partial charge in [0, 0.05) is 24.2 Å². The molecule has 1 unspecified atom stereocenters. The standard InChI is InChI=1S/C17H21N3O/c18-10-2-7-14-8-4-12-20(14)17(21)15-9-1-5-13-6-3-11-19-16(13)15/h1,3,5-6,9,11,14H,2,4,7-8,10,12,18H2. The first kappa shape index (κ1) is 14.0. The third kappa shape index (κ3) is 2.76. The minimum atomic E-state index is 0.110. The summed E-state index contributed by atoms with van der Waals surface area (Å²) < 4.78 is 0. The van der Waals surface area contributed by atoms with Gasteiger partial charge in [-0.1, -0.05) is 18.2 Å². The molecule has 0 aliphatic carbocycles. The summed E-state index contributed by atoms with van der Waals surface area (Å²) >= 11 is 0. The van der Waals surface area contributed by atoms with E-state index in [1.54, 1.807) is 6.20 Å². The molecule has 1 fully saturated rings. The number of aromatic nitrogens is 1. The lowest BCUT2D eigenvalue weighted by Gasteiger charge is -2.25. The van der Waals surface area contributed by atoms with Gasteiger partial charge in [0.2, 0.25) is 0 Å². The van der Waals surface area contributed by atoms with Gasteiger partial charge in [0.05, 0.1) is 11.1 Å². The number of nitrogens with two attached hydrogens (primary N) is 1. The number of carbonyl (C=O) groups excluding carboxylic acids is 1. The molecule has 1 atom stereocenters. The molecule has 110 valence electrons. The molecule has 1 aliphatic rings. The molecule has 2 N–H and O–H groups in total. The first-order valence-electron chi connectivity index (χ1n) is 7.66. The summed E-state index contributed by atoms with van der Waals surface area (Å²) in [6.45, 7) is 1.53. The van der Waals surface area contributed by atoms with Gasteiger partial charge in [-0.25, -0.2) is 0 Å². The largest absolute Gasteiger partial charge is 0.336 e. The lowest BCUT2D eigenvalue weighted by Crippen LogP contribution is -2.36. The van der Waals surface area contributed by atoms with Crippen LogP contribution in [0.1, 0.15) is 36.0 Å². The second-order valence-corrected chi connectivity index (χ2v) is 5.61. The fourth-order valence-corrected chi connectivity index (χ4v) is 3.19. The average Bonchev–Trinajstić information content (AvgIpc) is 3.00. The van der Waals surface area contributed by atoms with Crippen molar-refractivity contribution < 1.29 is 4.79 Å². The molecule has 1 amide bonds. The number of pyridine rings is 1. The average molecular weight is 283 g/mol. The second kappa shape index (κ2) is 6.22. The van der Waals surface area contributed by atoms with Gasteiger partial charge in [-0.2, -0.15) is 0 Å². The number of nitrogens with zero attached hydrogens (tertiary/aromatic N) is 2. The highest BCUT2D eigenvalue weighted by Gasteiger charge is 2.29. The normalized spacial score (nSPS) is 18.3. The molecule has 0 radical (unpaired) electrons. The summed E-state index contributed by atoms with van der Waals surface area (Å²) in [6, 6.07) is 10.0. The van der Waals surface area contributed by atoms with E-state index < -0.39 is 0 Å². The predicted octanol–water partition coefficient (Wildman–Crippen LogP) is 2.58. The maximum absolute atomic E-state index is 12.9. The van der Waals surface area contributed by atoms with Crippen molar-refractivity contribution in [3.05, 3.63) is 42.1 Å². The first-order chi connectivity index (χ1) is 10.3. The number of rotatable bonds is 4. The first-order valence-corrected chi connectivity index (χ1v) is 7.66. The molecule has 2 aromatic rings. The molecule has 4 heteroatoms. The van der Waals surface area contributed by atoms with Gasteiger partial charge < -0.3 is 10.6 Å². The van der Waals surface area contributed by atoms with Crippen molar-refractivity contribution in [3.8, 4) is 0 Å². The molecule has 1 aromatic heterocycles. The Labute approximate surface area is 125 Å². The monoisotopic (exact) mass is 283 g/mol. The summed E-state index contributed by atoms with van der Waals surface area (Å²) in [7, 11) is 0. The number of likely N-dealkylation sites (tertiary alicyclic amines) is 1. The molecule has 4 nitrogen and oxygen atoms in total. The van der Waals surface area contributed by atoms with E-state index in [0.717, 1.165) is 43.1 Å². The van der Waals surface area contributed by atoms with Crippen LogP contribution in [0.25, 0.3) is 10.9 Å². The molecule has 1 aromatic carbocycles. The summed E-state index contributed by atoms with van der Waals surface area (Å²) in [5.41, 5.74) is 7.12. The summed E-state index contributed by atoms with van der Waals surface area (Å²) in [6.07, 6.45) is 5.89. The van der Waals surface area contributed by atoms with Crippen molar-refractivity contribution in [1.82, 2.24) is 9.88 Å². The van der Waals surface area contributed by atoms with Gasteiger partial charge in [-0.3, -0.25) is 9.78 Å². The van der Waals surface area contributed by atoms with Crippen LogP contribution in [0.3, 0.4) is 0 Å². The SMILES string of the molecule is NCCCC1CCCN1C(=O)c1cccc2cccnc12. The zero-order chi connectivity index (χ0) is 14.7. The highest BCUT2D eigenvalue weighted by molar-refractivity contribution is 6.05. The maximum atomic E-state index is 12.9. The van der Waals surface area contributed by atoms with Gasteiger partial charge >= 0.3 is 0 Å². The Hall–Kier alpha value is -1.94. The Balaban J connectivity index is 1.89. The smallest absolute Gasteiger partial charge is 0.256 e. The highest BCUT2D eigenvalue weighted by Crippen LogP contribution is 2.25. The van der Waals surface area contributed by atoms with E-state index in [-0.39, 0.29) is 5.91 Å². The Morgan fingerprint density at radius 3 is 3.05 bits per heavy atom. The number of fused-ring (bicyclic) bond motifs is 1. The third-order valence-corrected chi connectivity index (χ3v) is 4.24. The van der Waals surface area contributed by atoms with Gasteiger partial charge in [-0.05, 0) is 44.4 Å². The number of benzene rings is 1. The maximum Gasteiger partial charge on any atom is 0.256 e. The van der Waals surface area contributed by atoms with Crippen LogP contribution in [0.15, 0.2) is 36.5 Å². The quantitative estimate of drug-likeness (QED) is 0.938. The van der Waals surface area contributed by atoms with E-state index in [1.807, 2.05) is 35.2 Å². The predicted molar refractivity (Wildman–Crippen MR) is 84.1 cm³/mol. The molecule has 1 saturated heterocycles. The van der Waals surface area contributed by atoms with E-state index in [4.69, 9.17) is 5.73 Å². The molecule has 1 aliphatic heterocycles. The number of amides is 1. The van der Waals surface area contributed by atoms with Gasteiger partial charge in [0.15, 0.2) is 0 Å². The summed E-state index contributed by atoms with van der Waals surface area (Å²) in [4.78, 5) is 19.3. The number of carbonyl (C=O) groups is 1. The number of para-hydroxylation sites is 1. The Morgan fingerprint density at radius 1 is 1.33 bits per heavy atom. The third-order valence-electron chi connectivity index (χ3n) is 4.24.